The summed E-state index contributed by atoms with van der Waals surface area (Å²) < 4.78 is 13.3. The largest absolute Gasteiger partial charge is 0.342 e. The van der Waals surface area contributed by atoms with Crippen LogP contribution >= 0.6 is 0 Å². The highest BCUT2D eigenvalue weighted by Gasteiger charge is 2.28. The van der Waals surface area contributed by atoms with Gasteiger partial charge in [0.2, 0.25) is 5.91 Å². The second kappa shape index (κ2) is 8.25. The van der Waals surface area contributed by atoms with E-state index in [-0.39, 0.29) is 17.6 Å². The molecular weight excluding hydrogens is 355 g/mol. The zero-order chi connectivity index (χ0) is 19.3. The van der Waals surface area contributed by atoms with Crippen molar-refractivity contribution in [1.29, 1.82) is 0 Å². The molecule has 5 nitrogen and oxygen atoms in total. The molecule has 6 heteroatoms. The summed E-state index contributed by atoms with van der Waals surface area (Å²) in [6, 6.07) is 10.0. The van der Waals surface area contributed by atoms with Crippen molar-refractivity contribution in [2.24, 2.45) is 0 Å². The van der Waals surface area contributed by atoms with Gasteiger partial charge in [-0.05, 0) is 54.8 Å². The van der Waals surface area contributed by atoms with Crippen molar-refractivity contribution in [3.05, 3.63) is 78.3 Å². The first-order chi connectivity index (χ1) is 13.7. The summed E-state index contributed by atoms with van der Waals surface area (Å²) in [5.74, 6) is -0.0493. The van der Waals surface area contributed by atoms with Gasteiger partial charge in [0.15, 0.2) is 0 Å². The Morgan fingerprint density at radius 3 is 2.57 bits per heavy atom. The molecule has 0 bridgehead atoms. The number of pyridine rings is 1. The molecule has 1 amide bonds. The molecule has 0 N–H and O–H groups in total. The summed E-state index contributed by atoms with van der Waals surface area (Å²) in [5.41, 5.74) is 3.44. The molecule has 0 saturated carbocycles. The minimum Gasteiger partial charge on any atom is -0.342 e. The van der Waals surface area contributed by atoms with Crippen LogP contribution in [0.2, 0.25) is 0 Å². The van der Waals surface area contributed by atoms with E-state index in [1.807, 2.05) is 17.0 Å². The molecule has 2 aromatic heterocycles. The van der Waals surface area contributed by atoms with Gasteiger partial charge in [0.25, 0.3) is 0 Å². The van der Waals surface area contributed by atoms with Gasteiger partial charge in [0.05, 0.1) is 17.8 Å². The second-order valence-corrected chi connectivity index (χ2v) is 7.01. The van der Waals surface area contributed by atoms with E-state index in [1.54, 1.807) is 36.9 Å². The van der Waals surface area contributed by atoms with Crippen molar-refractivity contribution >= 4 is 5.91 Å². The molecule has 1 saturated heterocycles. The Kier molecular flexibility index (Phi) is 5.37. The van der Waals surface area contributed by atoms with Crippen LogP contribution in [0, 0.1) is 5.82 Å². The van der Waals surface area contributed by atoms with Crippen LogP contribution in [0.25, 0.3) is 11.3 Å². The van der Waals surface area contributed by atoms with Crippen molar-refractivity contribution in [2.45, 2.75) is 25.2 Å². The molecule has 3 heterocycles. The maximum Gasteiger partial charge on any atom is 0.227 e. The minimum atomic E-state index is -0.278. The van der Waals surface area contributed by atoms with Crippen molar-refractivity contribution in [3.63, 3.8) is 0 Å². The van der Waals surface area contributed by atoms with Crippen LogP contribution in [-0.2, 0) is 11.2 Å². The van der Waals surface area contributed by atoms with Crippen LogP contribution in [0.3, 0.4) is 0 Å². The van der Waals surface area contributed by atoms with Crippen LogP contribution in [0.4, 0.5) is 4.39 Å². The molecular formula is C22H21FN4O. The third-order valence-electron chi connectivity index (χ3n) is 5.11. The Hall–Kier alpha value is -3.15. The highest BCUT2D eigenvalue weighted by atomic mass is 19.1. The summed E-state index contributed by atoms with van der Waals surface area (Å²) >= 11 is 0. The minimum absolute atomic E-state index is 0.114. The van der Waals surface area contributed by atoms with Gasteiger partial charge in [0.1, 0.15) is 5.82 Å². The number of likely N-dealkylation sites (tertiary alicyclic amines) is 1. The number of piperidine rings is 1. The Bertz CT molecular complexity index is 946. The van der Waals surface area contributed by atoms with E-state index in [9.17, 15) is 9.18 Å². The van der Waals surface area contributed by atoms with Crippen molar-refractivity contribution in [1.82, 2.24) is 19.9 Å². The van der Waals surface area contributed by atoms with Crippen LogP contribution in [0.5, 0.6) is 0 Å². The number of hydrogen-bond donors (Lipinski definition) is 0. The summed E-state index contributed by atoms with van der Waals surface area (Å²) in [4.78, 5) is 27.7. The molecule has 0 aliphatic carbocycles. The predicted octanol–water partition coefficient (Wildman–Crippen LogP) is 3.63. The maximum atomic E-state index is 13.3. The number of carbonyl (C=O) groups excluding carboxylic acids is 1. The fourth-order valence-corrected chi connectivity index (χ4v) is 3.69. The average Bonchev–Trinajstić information content (AvgIpc) is 2.75. The SMILES string of the molecule is O=C(Cc1ccncc1)N1CCCC(c2nccnc2-c2ccc(F)cc2)C1. The van der Waals surface area contributed by atoms with Gasteiger partial charge in [0, 0.05) is 49.4 Å². The molecule has 1 fully saturated rings. The van der Waals surface area contributed by atoms with Crippen LogP contribution in [0.15, 0.2) is 61.2 Å². The highest BCUT2D eigenvalue weighted by molar-refractivity contribution is 5.79. The smallest absolute Gasteiger partial charge is 0.227 e. The number of halogens is 1. The van der Waals surface area contributed by atoms with Gasteiger partial charge in [-0.25, -0.2) is 4.39 Å². The van der Waals surface area contributed by atoms with E-state index in [0.717, 1.165) is 41.9 Å². The van der Waals surface area contributed by atoms with Gasteiger partial charge in [-0.15, -0.1) is 0 Å². The number of benzene rings is 1. The van der Waals surface area contributed by atoms with Crippen LogP contribution in [-0.4, -0.2) is 38.8 Å². The predicted molar refractivity (Wildman–Crippen MR) is 104 cm³/mol. The molecule has 1 unspecified atom stereocenters. The molecule has 28 heavy (non-hydrogen) atoms. The first kappa shape index (κ1) is 18.2. The Morgan fingerprint density at radius 2 is 1.79 bits per heavy atom. The molecule has 1 aliphatic rings. The highest BCUT2D eigenvalue weighted by Crippen LogP contribution is 2.32. The maximum absolute atomic E-state index is 13.3. The fourth-order valence-electron chi connectivity index (χ4n) is 3.69. The average molecular weight is 376 g/mol. The lowest BCUT2D eigenvalue weighted by Gasteiger charge is -2.33. The quantitative estimate of drug-likeness (QED) is 0.698. The first-order valence-corrected chi connectivity index (χ1v) is 9.44. The molecule has 3 aromatic rings. The number of rotatable bonds is 4. The van der Waals surface area contributed by atoms with E-state index in [4.69, 9.17) is 0 Å². The fraction of sp³-hybridized carbons (Fsp3) is 0.273. The zero-order valence-corrected chi connectivity index (χ0v) is 15.5. The zero-order valence-electron chi connectivity index (χ0n) is 15.5. The second-order valence-electron chi connectivity index (χ2n) is 7.01. The van der Waals surface area contributed by atoms with Crippen LogP contribution < -0.4 is 0 Å². The third kappa shape index (κ3) is 4.06. The lowest BCUT2D eigenvalue weighted by molar-refractivity contribution is -0.131. The van der Waals surface area contributed by atoms with Gasteiger partial charge in [-0.2, -0.15) is 0 Å². The molecule has 1 aromatic carbocycles. The summed E-state index contributed by atoms with van der Waals surface area (Å²) in [5, 5.41) is 0. The van der Waals surface area contributed by atoms with E-state index in [0.29, 0.717) is 13.0 Å². The molecule has 0 spiro atoms. The monoisotopic (exact) mass is 376 g/mol. The topological polar surface area (TPSA) is 59.0 Å². The van der Waals surface area contributed by atoms with E-state index < -0.39 is 0 Å². The molecule has 142 valence electrons. The molecule has 0 radical (unpaired) electrons. The summed E-state index contributed by atoms with van der Waals surface area (Å²) in [7, 11) is 0. The van der Waals surface area contributed by atoms with Gasteiger partial charge >= 0.3 is 0 Å². The van der Waals surface area contributed by atoms with Gasteiger partial charge in [-0.3, -0.25) is 19.7 Å². The normalized spacial score (nSPS) is 16.8. The first-order valence-electron chi connectivity index (χ1n) is 9.44. The molecule has 1 aliphatic heterocycles. The van der Waals surface area contributed by atoms with E-state index >= 15 is 0 Å². The Balaban J connectivity index is 1.54. The molecule has 1 atom stereocenters. The Labute approximate surface area is 163 Å². The lowest BCUT2D eigenvalue weighted by Crippen LogP contribution is -2.40. The Morgan fingerprint density at radius 1 is 1.04 bits per heavy atom. The van der Waals surface area contributed by atoms with E-state index in [2.05, 4.69) is 15.0 Å². The van der Waals surface area contributed by atoms with Gasteiger partial charge in [-0.1, -0.05) is 0 Å². The van der Waals surface area contributed by atoms with Crippen LogP contribution in [0.1, 0.15) is 30.0 Å². The number of nitrogens with zero attached hydrogens (tertiary/aromatic N) is 4. The van der Waals surface area contributed by atoms with Crippen molar-refractivity contribution in [3.8, 4) is 11.3 Å². The van der Waals surface area contributed by atoms with Crippen molar-refractivity contribution < 1.29 is 9.18 Å². The number of carbonyl (C=O) groups is 1. The van der Waals surface area contributed by atoms with E-state index in [1.165, 1.54) is 12.1 Å². The summed E-state index contributed by atoms with van der Waals surface area (Å²) in [6.07, 6.45) is 8.99. The van der Waals surface area contributed by atoms with Gasteiger partial charge < -0.3 is 4.90 Å². The van der Waals surface area contributed by atoms with Crippen molar-refractivity contribution in [2.75, 3.05) is 13.1 Å². The standard InChI is InChI=1S/C22H21FN4O/c23-19-5-3-17(4-6-19)21-22(26-12-11-25-21)18-2-1-13-27(15-18)20(28)14-16-7-9-24-10-8-16/h3-12,18H,1-2,13-15H2. The number of aromatic nitrogens is 3. The lowest BCUT2D eigenvalue weighted by atomic mass is 9.91. The molecule has 4 rings (SSSR count). The third-order valence-corrected chi connectivity index (χ3v) is 5.11. The number of hydrogen-bond acceptors (Lipinski definition) is 4. The number of amides is 1. The summed E-state index contributed by atoms with van der Waals surface area (Å²) in [6.45, 7) is 1.38.